The molecule has 26 heavy (non-hydrogen) atoms. The topological polar surface area (TPSA) is 63.7 Å². The van der Waals surface area contributed by atoms with E-state index in [0.717, 1.165) is 28.2 Å². The predicted molar refractivity (Wildman–Crippen MR) is 101 cm³/mol. The van der Waals surface area contributed by atoms with Crippen LogP contribution in [0, 0.1) is 11.3 Å². The van der Waals surface area contributed by atoms with Gasteiger partial charge < -0.3 is 9.30 Å². The third-order valence-corrected chi connectivity index (χ3v) is 4.36. The molecule has 0 aliphatic rings. The van der Waals surface area contributed by atoms with Gasteiger partial charge >= 0.3 is 0 Å². The van der Waals surface area contributed by atoms with Crippen molar-refractivity contribution in [3.05, 3.63) is 71.6 Å². The number of halogens is 1. The second-order valence-corrected chi connectivity index (χ2v) is 6.09. The molecular formula is C20H13ClN4O. The molecule has 2 aromatic carbocycles. The first-order valence-corrected chi connectivity index (χ1v) is 8.25. The fourth-order valence-electron chi connectivity index (χ4n) is 2.95. The van der Waals surface area contributed by atoms with Crippen LogP contribution >= 0.6 is 11.6 Å². The zero-order valence-corrected chi connectivity index (χ0v) is 14.6. The lowest BCUT2D eigenvalue weighted by Crippen LogP contribution is -1.96. The predicted octanol–water partition coefficient (Wildman–Crippen LogP) is 4.62. The summed E-state index contributed by atoms with van der Waals surface area (Å²) >= 11 is 6.16. The van der Waals surface area contributed by atoms with E-state index in [9.17, 15) is 5.26 Å². The quantitative estimate of drug-likeness (QED) is 0.534. The van der Waals surface area contributed by atoms with Crippen LogP contribution in [0.25, 0.3) is 28.0 Å². The molecule has 4 aromatic rings. The highest BCUT2D eigenvalue weighted by Crippen LogP contribution is 2.32. The molecule has 0 fully saturated rings. The Morgan fingerprint density at radius 1 is 1.12 bits per heavy atom. The number of nitriles is 1. The Bertz CT molecular complexity index is 1160. The molecule has 0 saturated carbocycles. The SMILES string of the molecule is COc1cccc(-c2ncnc3c(C#N)cn(-c4cccc(Cl)c4)c23)c1. The van der Waals surface area contributed by atoms with Crippen molar-refractivity contribution in [3.63, 3.8) is 0 Å². The molecule has 0 aliphatic heterocycles. The largest absolute Gasteiger partial charge is 0.497 e. The first-order chi connectivity index (χ1) is 12.7. The number of benzene rings is 2. The zero-order chi connectivity index (χ0) is 18.1. The molecule has 0 amide bonds. The van der Waals surface area contributed by atoms with Gasteiger partial charge in [-0.25, -0.2) is 9.97 Å². The Balaban J connectivity index is 2.06. The number of aromatic nitrogens is 3. The van der Waals surface area contributed by atoms with Crippen molar-refractivity contribution in [3.8, 4) is 28.8 Å². The Morgan fingerprint density at radius 3 is 2.73 bits per heavy atom. The van der Waals surface area contributed by atoms with Gasteiger partial charge in [0, 0.05) is 22.5 Å². The minimum absolute atomic E-state index is 0.478. The minimum Gasteiger partial charge on any atom is -0.497 e. The van der Waals surface area contributed by atoms with Gasteiger partial charge in [0.2, 0.25) is 0 Å². The van der Waals surface area contributed by atoms with E-state index >= 15 is 0 Å². The lowest BCUT2D eigenvalue weighted by molar-refractivity contribution is 0.415. The third kappa shape index (κ3) is 2.67. The molecule has 0 spiro atoms. The molecule has 0 atom stereocenters. The lowest BCUT2D eigenvalue weighted by atomic mass is 10.1. The third-order valence-electron chi connectivity index (χ3n) is 4.13. The maximum Gasteiger partial charge on any atom is 0.119 e. The van der Waals surface area contributed by atoms with E-state index in [1.54, 1.807) is 19.4 Å². The number of ether oxygens (including phenoxy) is 1. The second-order valence-electron chi connectivity index (χ2n) is 5.66. The summed E-state index contributed by atoms with van der Waals surface area (Å²) in [6, 6.07) is 17.3. The van der Waals surface area contributed by atoms with E-state index in [-0.39, 0.29) is 0 Å². The van der Waals surface area contributed by atoms with Crippen molar-refractivity contribution in [2.24, 2.45) is 0 Å². The maximum atomic E-state index is 9.52. The highest BCUT2D eigenvalue weighted by Gasteiger charge is 2.17. The molecule has 0 unspecified atom stereocenters. The number of hydrogen-bond donors (Lipinski definition) is 0. The summed E-state index contributed by atoms with van der Waals surface area (Å²) in [5.74, 6) is 0.732. The summed E-state index contributed by atoms with van der Waals surface area (Å²) < 4.78 is 7.22. The van der Waals surface area contributed by atoms with Crippen LogP contribution in [-0.4, -0.2) is 21.6 Å². The maximum absolute atomic E-state index is 9.52. The number of rotatable bonds is 3. The van der Waals surface area contributed by atoms with Gasteiger partial charge in [0.15, 0.2) is 0 Å². The van der Waals surface area contributed by atoms with E-state index < -0.39 is 0 Å². The summed E-state index contributed by atoms with van der Waals surface area (Å²) in [4.78, 5) is 8.81. The smallest absolute Gasteiger partial charge is 0.119 e. The molecule has 2 heterocycles. The fourth-order valence-corrected chi connectivity index (χ4v) is 3.14. The average Bonchev–Trinajstić information content (AvgIpc) is 3.07. The molecule has 0 saturated heterocycles. The van der Waals surface area contributed by atoms with E-state index in [4.69, 9.17) is 16.3 Å². The van der Waals surface area contributed by atoms with Crippen LogP contribution in [0.3, 0.4) is 0 Å². The van der Waals surface area contributed by atoms with E-state index in [2.05, 4.69) is 16.0 Å². The van der Waals surface area contributed by atoms with Crippen molar-refractivity contribution in [1.82, 2.24) is 14.5 Å². The van der Waals surface area contributed by atoms with Gasteiger partial charge in [0.1, 0.15) is 23.7 Å². The zero-order valence-electron chi connectivity index (χ0n) is 13.8. The standard InChI is InChI=1S/C20H13ClN4O/c1-26-17-7-2-4-13(8-17)18-20-19(24-12-23-18)14(10-22)11-25(20)16-6-3-5-15(21)9-16/h2-9,11-12H,1H3. The first kappa shape index (κ1) is 16.1. The molecule has 2 aromatic heterocycles. The normalized spacial score (nSPS) is 10.7. The second kappa shape index (κ2) is 6.51. The van der Waals surface area contributed by atoms with Gasteiger partial charge in [-0.15, -0.1) is 0 Å². The Hall–Kier alpha value is -3.36. The van der Waals surface area contributed by atoms with Crippen LogP contribution in [0.2, 0.25) is 5.02 Å². The Morgan fingerprint density at radius 2 is 1.96 bits per heavy atom. The van der Waals surface area contributed by atoms with Gasteiger partial charge in [-0.1, -0.05) is 29.8 Å². The molecular weight excluding hydrogens is 348 g/mol. The first-order valence-electron chi connectivity index (χ1n) is 7.88. The van der Waals surface area contributed by atoms with Crippen molar-refractivity contribution in [1.29, 1.82) is 5.26 Å². The molecule has 0 bridgehead atoms. The molecule has 0 N–H and O–H groups in total. The van der Waals surface area contributed by atoms with Crippen LogP contribution in [0.4, 0.5) is 0 Å². The van der Waals surface area contributed by atoms with E-state index in [0.29, 0.717) is 16.1 Å². The minimum atomic E-state index is 0.478. The number of hydrogen-bond acceptors (Lipinski definition) is 4. The van der Waals surface area contributed by atoms with Crippen LogP contribution < -0.4 is 4.74 Å². The van der Waals surface area contributed by atoms with Crippen LogP contribution in [0.15, 0.2) is 61.1 Å². The lowest BCUT2D eigenvalue weighted by Gasteiger charge is -2.10. The van der Waals surface area contributed by atoms with Crippen LogP contribution in [-0.2, 0) is 0 Å². The molecule has 0 radical (unpaired) electrons. The van der Waals surface area contributed by atoms with Gasteiger partial charge in [-0.05, 0) is 30.3 Å². The van der Waals surface area contributed by atoms with Crippen LogP contribution in [0.5, 0.6) is 5.75 Å². The summed E-state index contributed by atoms with van der Waals surface area (Å²) in [5, 5.41) is 10.1. The van der Waals surface area contributed by atoms with E-state index in [1.807, 2.05) is 47.0 Å². The fraction of sp³-hybridized carbons (Fsp3) is 0.0500. The Kier molecular flexibility index (Phi) is 4.04. The molecule has 4 rings (SSSR count). The van der Waals surface area contributed by atoms with E-state index in [1.165, 1.54) is 6.33 Å². The number of fused-ring (bicyclic) bond motifs is 1. The van der Waals surface area contributed by atoms with Gasteiger partial charge in [0.05, 0.1) is 23.9 Å². The summed E-state index contributed by atoms with van der Waals surface area (Å²) in [6.07, 6.45) is 3.23. The molecule has 0 aliphatic carbocycles. The van der Waals surface area contributed by atoms with Crippen molar-refractivity contribution >= 4 is 22.6 Å². The van der Waals surface area contributed by atoms with Gasteiger partial charge in [0.25, 0.3) is 0 Å². The summed E-state index contributed by atoms with van der Waals surface area (Å²) in [6.45, 7) is 0. The highest BCUT2D eigenvalue weighted by molar-refractivity contribution is 6.30. The number of methoxy groups -OCH3 is 1. The van der Waals surface area contributed by atoms with Crippen molar-refractivity contribution in [2.45, 2.75) is 0 Å². The highest BCUT2D eigenvalue weighted by atomic mass is 35.5. The Labute approximate surface area is 155 Å². The van der Waals surface area contributed by atoms with Gasteiger partial charge in [-0.3, -0.25) is 0 Å². The van der Waals surface area contributed by atoms with Crippen molar-refractivity contribution < 1.29 is 4.74 Å². The molecule has 126 valence electrons. The monoisotopic (exact) mass is 360 g/mol. The summed E-state index contributed by atoms with van der Waals surface area (Å²) in [7, 11) is 1.62. The van der Waals surface area contributed by atoms with Gasteiger partial charge in [-0.2, -0.15) is 5.26 Å². The average molecular weight is 361 g/mol. The number of nitrogens with zero attached hydrogens (tertiary/aromatic N) is 4. The molecule has 5 nitrogen and oxygen atoms in total. The summed E-state index contributed by atoms with van der Waals surface area (Å²) in [5.41, 5.74) is 4.26. The molecule has 6 heteroatoms. The van der Waals surface area contributed by atoms with Crippen molar-refractivity contribution in [2.75, 3.05) is 7.11 Å². The van der Waals surface area contributed by atoms with Crippen LogP contribution in [0.1, 0.15) is 5.56 Å².